The van der Waals surface area contributed by atoms with Crippen LogP contribution in [0.15, 0.2) is 36.0 Å². The summed E-state index contributed by atoms with van der Waals surface area (Å²) in [6, 6.07) is 7.20. The zero-order valence-corrected chi connectivity index (χ0v) is 20.1. The molecule has 0 aliphatic carbocycles. The van der Waals surface area contributed by atoms with Crippen LogP contribution in [0.1, 0.15) is 81.5 Å². The lowest BCUT2D eigenvalue weighted by Crippen LogP contribution is -2.32. The Balaban J connectivity index is 2.07. The van der Waals surface area contributed by atoms with E-state index in [2.05, 4.69) is 34.3 Å². The van der Waals surface area contributed by atoms with Crippen molar-refractivity contribution in [1.29, 1.82) is 0 Å². The number of benzene rings is 1. The van der Waals surface area contributed by atoms with Gasteiger partial charge in [-0.05, 0) is 63.5 Å². The maximum Gasteiger partial charge on any atom is 0.259 e. The van der Waals surface area contributed by atoms with Gasteiger partial charge in [-0.2, -0.15) is 0 Å². The van der Waals surface area contributed by atoms with Crippen molar-refractivity contribution in [1.82, 2.24) is 15.5 Å². The SMILES string of the molecule is C/C=C(\C)NC(=O)c1c(N2CCCC(C)(C)CC2)nnc(-c2ccc(C(C)F)cc2)c1C. The molecule has 1 saturated heterocycles. The van der Waals surface area contributed by atoms with E-state index in [9.17, 15) is 9.18 Å². The average Bonchev–Trinajstić information content (AvgIpc) is 2.93. The molecule has 1 aromatic carbocycles. The lowest BCUT2D eigenvalue weighted by Gasteiger charge is -2.26. The van der Waals surface area contributed by atoms with E-state index >= 15 is 0 Å². The number of hydrogen-bond donors (Lipinski definition) is 1. The Morgan fingerprint density at radius 1 is 1.19 bits per heavy atom. The van der Waals surface area contributed by atoms with E-state index in [1.807, 2.05) is 39.0 Å². The number of carbonyl (C=O) groups is 1. The van der Waals surface area contributed by atoms with Gasteiger partial charge in [0.25, 0.3) is 5.91 Å². The molecular weight excluding hydrogens is 403 g/mol. The Morgan fingerprint density at radius 3 is 2.50 bits per heavy atom. The zero-order valence-electron chi connectivity index (χ0n) is 20.1. The van der Waals surface area contributed by atoms with Gasteiger partial charge in [0, 0.05) is 24.4 Å². The Bertz CT molecular complexity index is 996. The summed E-state index contributed by atoms with van der Waals surface area (Å²) in [6.07, 6.45) is 4.07. The van der Waals surface area contributed by atoms with Gasteiger partial charge < -0.3 is 10.2 Å². The fourth-order valence-electron chi connectivity index (χ4n) is 4.13. The Labute approximate surface area is 191 Å². The maximum absolute atomic E-state index is 13.6. The lowest BCUT2D eigenvalue weighted by molar-refractivity contribution is 0.0965. The first kappa shape index (κ1) is 23.9. The van der Waals surface area contributed by atoms with Crippen LogP contribution in [-0.2, 0) is 0 Å². The van der Waals surface area contributed by atoms with Gasteiger partial charge in [0.2, 0.25) is 0 Å². The highest BCUT2D eigenvalue weighted by Gasteiger charge is 2.28. The number of halogens is 1. The fourth-order valence-corrected chi connectivity index (χ4v) is 4.13. The fraction of sp³-hybridized carbons (Fsp3) is 0.500. The van der Waals surface area contributed by atoms with Gasteiger partial charge in [-0.3, -0.25) is 4.79 Å². The molecule has 0 radical (unpaired) electrons. The van der Waals surface area contributed by atoms with Gasteiger partial charge in [0.1, 0.15) is 6.17 Å². The van der Waals surface area contributed by atoms with E-state index in [1.54, 1.807) is 12.1 Å². The van der Waals surface area contributed by atoms with Crippen molar-refractivity contribution >= 4 is 11.7 Å². The van der Waals surface area contributed by atoms with Crippen LogP contribution in [0.5, 0.6) is 0 Å². The number of aromatic nitrogens is 2. The zero-order chi connectivity index (χ0) is 23.5. The van der Waals surface area contributed by atoms with E-state index < -0.39 is 6.17 Å². The molecule has 32 heavy (non-hydrogen) atoms. The van der Waals surface area contributed by atoms with Crippen LogP contribution in [-0.4, -0.2) is 29.2 Å². The van der Waals surface area contributed by atoms with Crippen LogP contribution in [0.2, 0.25) is 0 Å². The van der Waals surface area contributed by atoms with E-state index in [1.165, 1.54) is 6.92 Å². The number of nitrogens with one attached hydrogen (secondary N) is 1. The molecule has 0 bridgehead atoms. The number of hydrogen-bond acceptors (Lipinski definition) is 4. The van der Waals surface area contributed by atoms with Crippen molar-refractivity contribution in [2.24, 2.45) is 5.41 Å². The van der Waals surface area contributed by atoms with E-state index in [0.717, 1.165) is 49.2 Å². The third-order valence-corrected chi connectivity index (χ3v) is 6.45. The van der Waals surface area contributed by atoms with Gasteiger partial charge in [0.05, 0.1) is 11.3 Å². The molecule has 3 rings (SSSR count). The van der Waals surface area contributed by atoms with Crippen LogP contribution in [0.3, 0.4) is 0 Å². The molecule has 2 aromatic rings. The molecule has 6 heteroatoms. The van der Waals surface area contributed by atoms with Crippen molar-refractivity contribution in [3.8, 4) is 11.3 Å². The number of nitrogens with zero attached hydrogens (tertiary/aromatic N) is 3. The van der Waals surface area contributed by atoms with E-state index in [0.29, 0.717) is 22.6 Å². The number of rotatable bonds is 5. The summed E-state index contributed by atoms with van der Waals surface area (Å²) in [6.45, 7) is 13.5. The first-order chi connectivity index (χ1) is 15.1. The molecule has 1 unspecified atom stereocenters. The van der Waals surface area contributed by atoms with Gasteiger partial charge in [-0.15, -0.1) is 10.2 Å². The molecule has 1 aromatic heterocycles. The topological polar surface area (TPSA) is 58.1 Å². The van der Waals surface area contributed by atoms with Gasteiger partial charge >= 0.3 is 0 Å². The predicted molar refractivity (Wildman–Crippen MR) is 128 cm³/mol. The smallest absolute Gasteiger partial charge is 0.259 e. The number of alkyl halides is 1. The summed E-state index contributed by atoms with van der Waals surface area (Å²) in [5, 5.41) is 12.1. The molecule has 2 heterocycles. The molecular formula is C26H35FN4O. The largest absolute Gasteiger partial charge is 0.354 e. The molecule has 1 aliphatic rings. The van der Waals surface area contributed by atoms with Gasteiger partial charge in [0.15, 0.2) is 5.82 Å². The Hall–Kier alpha value is -2.76. The summed E-state index contributed by atoms with van der Waals surface area (Å²) in [4.78, 5) is 15.5. The second kappa shape index (κ2) is 9.80. The van der Waals surface area contributed by atoms with Crippen molar-refractivity contribution in [2.45, 2.75) is 67.0 Å². The highest BCUT2D eigenvalue weighted by atomic mass is 19.1. The van der Waals surface area contributed by atoms with Crippen molar-refractivity contribution in [3.63, 3.8) is 0 Å². The summed E-state index contributed by atoms with van der Waals surface area (Å²) >= 11 is 0. The first-order valence-corrected chi connectivity index (χ1v) is 11.4. The number of anilines is 1. The highest BCUT2D eigenvalue weighted by molar-refractivity contribution is 6.02. The molecule has 1 N–H and O–H groups in total. The predicted octanol–water partition coefficient (Wildman–Crippen LogP) is 6.15. The molecule has 1 aliphatic heterocycles. The quantitative estimate of drug-likeness (QED) is 0.608. The molecule has 0 saturated carbocycles. The van der Waals surface area contributed by atoms with Crippen molar-refractivity contribution in [3.05, 3.63) is 52.7 Å². The van der Waals surface area contributed by atoms with E-state index in [4.69, 9.17) is 0 Å². The highest BCUT2D eigenvalue weighted by Crippen LogP contribution is 2.34. The summed E-state index contributed by atoms with van der Waals surface area (Å²) in [5.74, 6) is 0.459. The third kappa shape index (κ3) is 5.34. The molecule has 0 spiro atoms. The number of carbonyl (C=O) groups excluding carboxylic acids is 1. The normalized spacial score (nSPS) is 17.6. The molecule has 1 fully saturated rings. The molecule has 1 amide bonds. The lowest BCUT2D eigenvalue weighted by atomic mass is 9.85. The minimum Gasteiger partial charge on any atom is -0.354 e. The monoisotopic (exact) mass is 438 g/mol. The maximum atomic E-state index is 13.6. The van der Waals surface area contributed by atoms with Gasteiger partial charge in [-0.1, -0.05) is 44.2 Å². The van der Waals surface area contributed by atoms with Crippen LogP contribution in [0, 0.1) is 12.3 Å². The van der Waals surface area contributed by atoms with Gasteiger partial charge in [-0.25, -0.2) is 4.39 Å². The van der Waals surface area contributed by atoms with Crippen LogP contribution >= 0.6 is 0 Å². The van der Waals surface area contributed by atoms with Crippen LogP contribution < -0.4 is 10.2 Å². The Morgan fingerprint density at radius 2 is 1.88 bits per heavy atom. The van der Waals surface area contributed by atoms with Crippen molar-refractivity contribution < 1.29 is 9.18 Å². The van der Waals surface area contributed by atoms with E-state index in [-0.39, 0.29) is 11.3 Å². The van der Waals surface area contributed by atoms with Crippen molar-refractivity contribution in [2.75, 3.05) is 18.0 Å². The minimum absolute atomic E-state index is 0.179. The second-order valence-electron chi connectivity index (χ2n) is 9.54. The average molecular weight is 439 g/mol. The third-order valence-electron chi connectivity index (χ3n) is 6.45. The first-order valence-electron chi connectivity index (χ1n) is 11.4. The summed E-state index contributed by atoms with van der Waals surface area (Å²) < 4.78 is 13.6. The minimum atomic E-state index is -1.03. The summed E-state index contributed by atoms with van der Waals surface area (Å²) in [5.41, 5.74) is 4.47. The summed E-state index contributed by atoms with van der Waals surface area (Å²) in [7, 11) is 0. The van der Waals surface area contributed by atoms with Crippen LogP contribution in [0.4, 0.5) is 10.2 Å². The molecule has 172 valence electrons. The Kier molecular flexibility index (Phi) is 7.32. The number of allylic oxidation sites excluding steroid dienone is 2. The molecule has 5 nitrogen and oxygen atoms in total. The number of amides is 1. The standard InChI is InChI=1S/C26H35FN4O/c1-7-17(2)28-25(32)22-18(3)23(21-11-9-20(10-12-21)19(4)27)29-30-24(22)31-15-8-13-26(5,6)14-16-31/h7,9-12,19H,8,13-16H2,1-6H3,(H,28,32)/b17-7+. The second-order valence-corrected chi connectivity index (χ2v) is 9.54. The molecule has 1 atom stereocenters. The van der Waals surface area contributed by atoms with Crippen LogP contribution in [0.25, 0.3) is 11.3 Å².